The van der Waals surface area contributed by atoms with E-state index in [2.05, 4.69) is 34.4 Å². The highest BCUT2D eigenvalue weighted by Crippen LogP contribution is 2.30. The van der Waals surface area contributed by atoms with Gasteiger partial charge in [-0.3, -0.25) is 9.89 Å². The third kappa shape index (κ3) is 7.07. The van der Waals surface area contributed by atoms with Crippen molar-refractivity contribution in [3.8, 4) is 0 Å². The summed E-state index contributed by atoms with van der Waals surface area (Å²) in [4.78, 5) is 6.56. The van der Waals surface area contributed by atoms with Crippen LogP contribution in [0.1, 0.15) is 37.9 Å². The van der Waals surface area contributed by atoms with Crippen LogP contribution in [0.4, 0.5) is 13.2 Å². The molecular formula is C19H30F3IN4O. The van der Waals surface area contributed by atoms with Crippen molar-refractivity contribution in [2.75, 3.05) is 33.4 Å². The van der Waals surface area contributed by atoms with Gasteiger partial charge in [0.05, 0.1) is 24.8 Å². The predicted molar refractivity (Wildman–Crippen MR) is 116 cm³/mol. The van der Waals surface area contributed by atoms with Crippen LogP contribution in [0.3, 0.4) is 0 Å². The maximum absolute atomic E-state index is 12.9. The van der Waals surface area contributed by atoms with Gasteiger partial charge in [0.15, 0.2) is 5.96 Å². The van der Waals surface area contributed by atoms with Crippen molar-refractivity contribution in [2.45, 2.75) is 45.1 Å². The number of hydrogen-bond acceptors (Lipinski definition) is 3. The molecule has 1 aromatic rings. The number of aliphatic imine (C=N–C) groups is 1. The molecule has 3 atom stereocenters. The van der Waals surface area contributed by atoms with Crippen molar-refractivity contribution in [3.63, 3.8) is 0 Å². The van der Waals surface area contributed by atoms with E-state index in [0.717, 1.165) is 25.8 Å². The van der Waals surface area contributed by atoms with Crippen molar-refractivity contribution in [2.24, 2.45) is 4.99 Å². The molecule has 2 rings (SSSR count). The highest BCUT2D eigenvalue weighted by Gasteiger charge is 2.30. The molecule has 0 aliphatic carbocycles. The van der Waals surface area contributed by atoms with Gasteiger partial charge in [-0.15, -0.1) is 24.0 Å². The fourth-order valence-corrected chi connectivity index (χ4v) is 3.22. The van der Waals surface area contributed by atoms with Crippen molar-refractivity contribution in [3.05, 3.63) is 35.4 Å². The first-order valence-corrected chi connectivity index (χ1v) is 9.20. The van der Waals surface area contributed by atoms with Gasteiger partial charge in [0.1, 0.15) is 0 Å². The van der Waals surface area contributed by atoms with E-state index >= 15 is 0 Å². The molecule has 160 valence electrons. The molecule has 5 nitrogen and oxygen atoms in total. The Kier molecular flexibility index (Phi) is 9.99. The molecule has 28 heavy (non-hydrogen) atoms. The largest absolute Gasteiger partial charge is 0.416 e. The maximum atomic E-state index is 12.9. The third-order valence-corrected chi connectivity index (χ3v) is 4.84. The lowest BCUT2D eigenvalue weighted by Gasteiger charge is -2.38. The summed E-state index contributed by atoms with van der Waals surface area (Å²) in [5.74, 6) is 0.563. The topological polar surface area (TPSA) is 48.9 Å². The minimum atomic E-state index is -4.35. The normalized spacial score (nSPS) is 20.8. The summed E-state index contributed by atoms with van der Waals surface area (Å²) in [6.07, 6.45) is -4.35. The van der Waals surface area contributed by atoms with Gasteiger partial charge in [-0.05, 0) is 38.5 Å². The second kappa shape index (κ2) is 11.2. The average molecular weight is 514 g/mol. The molecule has 1 aromatic carbocycles. The van der Waals surface area contributed by atoms with Crippen molar-refractivity contribution in [1.29, 1.82) is 0 Å². The van der Waals surface area contributed by atoms with E-state index in [1.54, 1.807) is 13.1 Å². The van der Waals surface area contributed by atoms with Crippen molar-refractivity contribution >= 4 is 29.9 Å². The molecule has 1 fully saturated rings. The summed E-state index contributed by atoms with van der Waals surface area (Å²) < 4.78 is 44.2. The Bertz CT molecular complexity index is 642. The summed E-state index contributed by atoms with van der Waals surface area (Å²) in [5, 5.41) is 6.43. The average Bonchev–Trinajstić information content (AvgIpc) is 2.64. The Labute approximate surface area is 182 Å². The maximum Gasteiger partial charge on any atom is 0.416 e. The second-order valence-corrected chi connectivity index (χ2v) is 6.95. The zero-order valence-electron chi connectivity index (χ0n) is 16.7. The fraction of sp³-hybridized carbons (Fsp3) is 0.632. The van der Waals surface area contributed by atoms with Crippen LogP contribution in [-0.4, -0.2) is 56.3 Å². The van der Waals surface area contributed by atoms with Gasteiger partial charge in [0, 0.05) is 32.2 Å². The number of halogens is 4. The minimum absolute atomic E-state index is 0. The van der Waals surface area contributed by atoms with Crippen LogP contribution in [0.25, 0.3) is 0 Å². The number of ether oxygens (including phenoxy) is 1. The minimum Gasteiger partial charge on any atom is -0.379 e. The van der Waals surface area contributed by atoms with E-state index in [4.69, 9.17) is 4.74 Å². The number of alkyl halides is 3. The van der Waals surface area contributed by atoms with Crippen LogP contribution in [0.2, 0.25) is 0 Å². The smallest absolute Gasteiger partial charge is 0.379 e. The summed E-state index contributed by atoms with van der Waals surface area (Å²) >= 11 is 0. The summed E-state index contributed by atoms with van der Waals surface area (Å²) in [5.41, 5.74) is -0.0888. The lowest BCUT2D eigenvalue weighted by atomic mass is 10.1. The molecule has 2 N–H and O–H groups in total. The molecule has 1 saturated heterocycles. The molecule has 1 aliphatic heterocycles. The van der Waals surface area contributed by atoms with E-state index in [1.165, 1.54) is 12.1 Å². The van der Waals surface area contributed by atoms with Gasteiger partial charge in [-0.25, -0.2) is 0 Å². The monoisotopic (exact) mass is 514 g/mol. The van der Waals surface area contributed by atoms with Gasteiger partial charge in [0.2, 0.25) is 0 Å². The molecule has 0 radical (unpaired) electrons. The Balaban J connectivity index is 0.00000392. The molecule has 0 saturated carbocycles. The Hall–Kier alpha value is -1.07. The first-order chi connectivity index (χ1) is 12.7. The summed E-state index contributed by atoms with van der Waals surface area (Å²) in [6, 6.07) is 5.68. The van der Waals surface area contributed by atoms with Crippen LogP contribution >= 0.6 is 24.0 Å². The van der Waals surface area contributed by atoms with Crippen molar-refractivity contribution in [1.82, 2.24) is 15.5 Å². The Morgan fingerprint density at radius 1 is 1.36 bits per heavy atom. The van der Waals surface area contributed by atoms with E-state index in [0.29, 0.717) is 24.1 Å². The van der Waals surface area contributed by atoms with Gasteiger partial charge in [-0.1, -0.05) is 12.1 Å². The second-order valence-electron chi connectivity index (χ2n) is 6.95. The van der Waals surface area contributed by atoms with E-state index < -0.39 is 11.7 Å². The Morgan fingerprint density at radius 2 is 2.07 bits per heavy atom. The number of morpholine rings is 1. The lowest BCUT2D eigenvalue weighted by Crippen LogP contribution is -2.53. The number of benzene rings is 1. The van der Waals surface area contributed by atoms with E-state index in [-0.39, 0.29) is 36.1 Å². The van der Waals surface area contributed by atoms with E-state index in [9.17, 15) is 13.2 Å². The number of nitrogens with one attached hydrogen (secondary N) is 2. The molecule has 1 heterocycles. The summed E-state index contributed by atoms with van der Waals surface area (Å²) in [6.45, 7) is 9.11. The number of rotatable bonds is 5. The van der Waals surface area contributed by atoms with E-state index in [1.807, 2.05) is 6.92 Å². The molecular weight excluding hydrogens is 484 g/mol. The number of hydrogen-bond donors (Lipinski definition) is 2. The molecule has 0 amide bonds. The van der Waals surface area contributed by atoms with Gasteiger partial charge in [-0.2, -0.15) is 13.2 Å². The highest BCUT2D eigenvalue weighted by atomic mass is 127. The highest BCUT2D eigenvalue weighted by molar-refractivity contribution is 14.0. The quantitative estimate of drug-likeness (QED) is 0.358. The van der Waals surface area contributed by atoms with Crippen LogP contribution in [0.15, 0.2) is 29.3 Å². The van der Waals surface area contributed by atoms with Gasteiger partial charge < -0.3 is 15.4 Å². The zero-order chi connectivity index (χ0) is 20.0. The first-order valence-electron chi connectivity index (χ1n) is 9.20. The number of nitrogens with zero attached hydrogens (tertiary/aromatic N) is 2. The molecule has 0 spiro atoms. The van der Waals surface area contributed by atoms with Crippen LogP contribution in [-0.2, 0) is 10.9 Å². The van der Waals surface area contributed by atoms with Crippen molar-refractivity contribution < 1.29 is 17.9 Å². The van der Waals surface area contributed by atoms with Crippen LogP contribution in [0.5, 0.6) is 0 Å². The third-order valence-electron chi connectivity index (χ3n) is 4.84. The predicted octanol–water partition coefficient (Wildman–Crippen LogP) is 3.66. The molecule has 0 aromatic heterocycles. The first kappa shape index (κ1) is 25.0. The molecule has 1 aliphatic rings. The fourth-order valence-electron chi connectivity index (χ4n) is 3.22. The molecule has 0 bridgehead atoms. The van der Waals surface area contributed by atoms with Crippen LogP contribution < -0.4 is 10.6 Å². The zero-order valence-corrected chi connectivity index (χ0v) is 19.0. The standard InChI is InChI=1S/C19H29F3N4O.HI/c1-13(26-8-9-27-12-14(26)2)11-24-18(23-4)25-15(3)16-6-5-7-17(10-16)19(20,21)22;/h5-7,10,13-15H,8-9,11-12H2,1-4H3,(H2,23,24,25);1H. The number of guanidine groups is 1. The van der Waals surface area contributed by atoms with Gasteiger partial charge in [0.25, 0.3) is 0 Å². The Morgan fingerprint density at radius 3 is 2.68 bits per heavy atom. The SMILES string of the molecule is CN=C(NCC(C)N1CCOCC1C)NC(C)c1cccc(C(F)(F)F)c1.I. The summed E-state index contributed by atoms with van der Waals surface area (Å²) in [7, 11) is 1.65. The van der Waals surface area contributed by atoms with Gasteiger partial charge >= 0.3 is 6.18 Å². The lowest BCUT2D eigenvalue weighted by molar-refractivity contribution is -0.137. The molecule has 9 heteroatoms. The molecule has 3 unspecified atom stereocenters. The van der Waals surface area contributed by atoms with Crippen LogP contribution in [0, 0.1) is 0 Å².